The highest BCUT2D eigenvalue weighted by Crippen LogP contribution is 2.68. The van der Waals surface area contributed by atoms with Gasteiger partial charge in [0.1, 0.15) is 0 Å². The first-order valence-corrected chi connectivity index (χ1v) is 13.0. The molecule has 5 rings (SSSR count). The van der Waals surface area contributed by atoms with Gasteiger partial charge in [0.25, 0.3) is 0 Å². The lowest BCUT2D eigenvalue weighted by atomic mass is 9.44. The minimum absolute atomic E-state index is 0.390. The summed E-state index contributed by atoms with van der Waals surface area (Å²) < 4.78 is 0. The Morgan fingerprint density at radius 3 is 2.25 bits per heavy atom. The van der Waals surface area contributed by atoms with Gasteiger partial charge in [-0.2, -0.15) is 0 Å². The standard InChI is InChI=1S/C27H46O/c1-25(28)16-17-27(3)21(18-25)10-12-22-23-13-11-20(7-5-4-6-19-8-9-19)26(23,2)15-14-24(22)27/h19-24,28H,4-18H2,1-3H3/t20-,21?,22?,23?,24?,25-,26?,27?/m0/s1. The van der Waals surface area contributed by atoms with E-state index in [1.165, 1.54) is 83.5 Å². The SMILES string of the molecule is CC12CC[C@](C)(O)CC1CCC1C2CCC2(C)C1CC[C@@H]2CCCCC1CC1. The molecule has 0 aliphatic heterocycles. The fourth-order valence-corrected chi connectivity index (χ4v) is 9.24. The van der Waals surface area contributed by atoms with E-state index in [1.807, 2.05) is 0 Å². The van der Waals surface area contributed by atoms with Crippen molar-refractivity contribution < 1.29 is 5.11 Å². The number of aliphatic hydroxyl groups is 1. The lowest BCUT2D eigenvalue weighted by Crippen LogP contribution is -2.55. The Kier molecular flexibility index (Phi) is 4.97. The topological polar surface area (TPSA) is 20.2 Å². The van der Waals surface area contributed by atoms with Crippen molar-refractivity contribution in [3.05, 3.63) is 0 Å². The van der Waals surface area contributed by atoms with E-state index in [2.05, 4.69) is 20.8 Å². The molecule has 6 unspecified atom stereocenters. The van der Waals surface area contributed by atoms with E-state index in [0.29, 0.717) is 10.8 Å². The molecule has 0 amide bonds. The molecule has 5 aliphatic carbocycles. The summed E-state index contributed by atoms with van der Waals surface area (Å²) in [7, 11) is 0. The largest absolute Gasteiger partial charge is 0.390 e. The summed E-state index contributed by atoms with van der Waals surface area (Å²) in [6, 6.07) is 0. The Hall–Kier alpha value is -0.0400. The van der Waals surface area contributed by atoms with Crippen LogP contribution < -0.4 is 0 Å². The Morgan fingerprint density at radius 1 is 0.714 bits per heavy atom. The van der Waals surface area contributed by atoms with Gasteiger partial charge in [-0.3, -0.25) is 0 Å². The maximum atomic E-state index is 10.7. The van der Waals surface area contributed by atoms with Crippen LogP contribution >= 0.6 is 0 Å². The molecule has 5 fully saturated rings. The predicted octanol–water partition coefficient (Wildman–Crippen LogP) is 7.37. The van der Waals surface area contributed by atoms with Crippen molar-refractivity contribution in [3.8, 4) is 0 Å². The minimum Gasteiger partial charge on any atom is -0.390 e. The first kappa shape index (κ1) is 19.9. The molecule has 1 N–H and O–H groups in total. The van der Waals surface area contributed by atoms with Gasteiger partial charge < -0.3 is 5.11 Å². The zero-order valence-electron chi connectivity index (χ0n) is 19.0. The molecule has 0 aromatic heterocycles. The molecule has 0 aromatic rings. The zero-order chi connectivity index (χ0) is 19.6. The molecule has 0 aromatic carbocycles. The monoisotopic (exact) mass is 386 g/mol. The summed E-state index contributed by atoms with van der Waals surface area (Å²) in [5.74, 6) is 5.89. The van der Waals surface area contributed by atoms with Gasteiger partial charge in [-0.15, -0.1) is 0 Å². The van der Waals surface area contributed by atoms with Gasteiger partial charge in [0.2, 0.25) is 0 Å². The highest BCUT2D eigenvalue weighted by Gasteiger charge is 2.60. The fraction of sp³-hybridized carbons (Fsp3) is 1.00. The molecule has 28 heavy (non-hydrogen) atoms. The van der Waals surface area contributed by atoms with E-state index in [-0.39, 0.29) is 5.60 Å². The van der Waals surface area contributed by atoms with Gasteiger partial charge in [0.15, 0.2) is 0 Å². The van der Waals surface area contributed by atoms with Gasteiger partial charge in [-0.05, 0) is 117 Å². The highest BCUT2D eigenvalue weighted by molar-refractivity contribution is 5.10. The van der Waals surface area contributed by atoms with Gasteiger partial charge >= 0.3 is 0 Å². The van der Waals surface area contributed by atoms with Gasteiger partial charge in [0, 0.05) is 0 Å². The zero-order valence-corrected chi connectivity index (χ0v) is 19.0. The third kappa shape index (κ3) is 3.30. The molecule has 0 heterocycles. The molecule has 160 valence electrons. The normalized spacial score (nSPS) is 53.4. The number of unbranched alkanes of at least 4 members (excludes halogenated alkanes) is 1. The Morgan fingerprint density at radius 2 is 1.46 bits per heavy atom. The second-order valence-electron chi connectivity index (χ2n) is 12.9. The average molecular weight is 387 g/mol. The van der Waals surface area contributed by atoms with Crippen LogP contribution in [0.4, 0.5) is 0 Å². The summed E-state index contributed by atoms with van der Waals surface area (Å²) in [5, 5.41) is 10.7. The Balaban J connectivity index is 1.25. The summed E-state index contributed by atoms with van der Waals surface area (Å²) in [6.07, 6.45) is 21.4. The van der Waals surface area contributed by atoms with Crippen LogP contribution in [0.2, 0.25) is 0 Å². The van der Waals surface area contributed by atoms with Gasteiger partial charge in [0.05, 0.1) is 5.60 Å². The second-order valence-corrected chi connectivity index (χ2v) is 12.9. The fourth-order valence-electron chi connectivity index (χ4n) is 9.24. The molecule has 0 spiro atoms. The first-order valence-electron chi connectivity index (χ1n) is 13.0. The third-order valence-electron chi connectivity index (χ3n) is 11.3. The summed E-state index contributed by atoms with van der Waals surface area (Å²) >= 11 is 0. The summed E-state index contributed by atoms with van der Waals surface area (Å²) in [4.78, 5) is 0. The van der Waals surface area contributed by atoms with Crippen LogP contribution in [-0.4, -0.2) is 10.7 Å². The number of rotatable bonds is 5. The quantitative estimate of drug-likeness (QED) is 0.489. The predicted molar refractivity (Wildman–Crippen MR) is 117 cm³/mol. The molecular formula is C27H46O. The van der Waals surface area contributed by atoms with Crippen LogP contribution in [0.15, 0.2) is 0 Å². The van der Waals surface area contributed by atoms with E-state index < -0.39 is 0 Å². The molecule has 0 bridgehead atoms. The Labute approximate surface area is 174 Å². The van der Waals surface area contributed by atoms with Gasteiger partial charge in [-0.1, -0.05) is 46.0 Å². The van der Waals surface area contributed by atoms with Crippen molar-refractivity contribution in [2.24, 2.45) is 46.3 Å². The van der Waals surface area contributed by atoms with Crippen molar-refractivity contribution in [2.45, 2.75) is 123 Å². The third-order valence-corrected chi connectivity index (χ3v) is 11.3. The van der Waals surface area contributed by atoms with Crippen molar-refractivity contribution in [3.63, 3.8) is 0 Å². The average Bonchev–Trinajstić information content (AvgIpc) is 3.41. The molecule has 8 atom stereocenters. The van der Waals surface area contributed by atoms with E-state index in [0.717, 1.165) is 48.3 Å². The summed E-state index contributed by atoms with van der Waals surface area (Å²) in [6.45, 7) is 7.45. The van der Waals surface area contributed by atoms with Crippen LogP contribution in [-0.2, 0) is 0 Å². The van der Waals surface area contributed by atoms with E-state index in [9.17, 15) is 5.11 Å². The van der Waals surface area contributed by atoms with Crippen molar-refractivity contribution >= 4 is 0 Å². The molecule has 1 nitrogen and oxygen atoms in total. The molecule has 1 heteroatoms. The van der Waals surface area contributed by atoms with E-state index in [1.54, 1.807) is 0 Å². The first-order chi connectivity index (χ1) is 13.3. The maximum absolute atomic E-state index is 10.7. The minimum atomic E-state index is -0.390. The lowest BCUT2D eigenvalue weighted by Gasteiger charge is -2.62. The van der Waals surface area contributed by atoms with Crippen molar-refractivity contribution in [1.29, 1.82) is 0 Å². The lowest BCUT2D eigenvalue weighted by molar-refractivity contribution is -0.146. The van der Waals surface area contributed by atoms with Crippen molar-refractivity contribution in [2.75, 3.05) is 0 Å². The van der Waals surface area contributed by atoms with Crippen molar-refractivity contribution in [1.82, 2.24) is 0 Å². The second kappa shape index (κ2) is 7.00. The maximum Gasteiger partial charge on any atom is 0.0622 e. The Bertz CT molecular complexity index is 577. The number of hydrogen-bond acceptors (Lipinski definition) is 1. The summed E-state index contributed by atoms with van der Waals surface area (Å²) in [5.41, 5.74) is 0.790. The highest BCUT2D eigenvalue weighted by atomic mass is 16.3. The van der Waals surface area contributed by atoms with E-state index in [4.69, 9.17) is 0 Å². The molecule has 0 radical (unpaired) electrons. The van der Waals surface area contributed by atoms with Crippen LogP contribution in [0, 0.1) is 46.3 Å². The molecule has 5 saturated carbocycles. The number of hydrogen-bond donors (Lipinski definition) is 1. The number of fused-ring (bicyclic) bond motifs is 5. The van der Waals surface area contributed by atoms with E-state index >= 15 is 0 Å². The molecule has 0 saturated heterocycles. The van der Waals surface area contributed by atoms with Crippen LogP contribution in [0.5, 0.6) is 0 Å². The molecule has 5 aliphatic rings. The van der Waals surface area contributed by atoms with Crippen LogP contribution in [0.1, 0.15) is 117 Å². The van der Waals surface area contributed by atoms with Crippen LogP contribution in [0.25, 0.3) is 0 Å². The smallest absolute Gasteiger partial charge is 0.0622 e. The van der Waals surface area contributed by atoms with Gasteiger partial charge in [-0.25, -0.2) is 0 Å². The van der Waals surface area contributed by atoms with Crippen LogP contribution in [0.3, 0.4) is 0 Å². The molecular weight excluding hydrogens is 340 g/mol.